The van der Waals surface area contributed by atoms with Crippen LogP contribution >= 0.6 is 11.6 Å². The van der Waals surface area contributed by atoms with Gasteiger partial charge in [-0.3, -0.25) is 20.9 Å². The van der Waals surface area contributed by atoms with Gasteiger partial charge in [0, 0.05) is 18.8 Å². The molecule has 3 N–H and O–H groups in total. The van der Waals surface area contributed by atoms with Gasteiger partial charge >= 0.3 is 0 Å². The van der Waals surface area contributed by atoms with E-state index >= 15 is 0 Å². The molecule has 0 saturated carbocycles. The minimum Gasteiger partial charge on any atom is -0.271 e. The van der Waals surface area contributed by atoms with Gasteiger partial charge in [-0.15, -0.1) is 0 Å². The van der Waals surface area contributed by atoms with E-state index in [4.69, 9.17) is 17.4 Å². The fraction of sp³-hybridized carbons (Fsp3) is 0.385. The molecule has 5 nitrogen and oxygen atoms in total. The number of nitrogens with zero attached hydrogens (tertiary/aromatic N) is 3. The molecule has 0 aliphatic carbocycles. The summed E-state index contributed by atoms with van der Waals surface area (Å²) in [5, 5.41) is 4.95. The van der Waals surface area contributed by atoms with E-state index in [1.54, 1.807) is 10.9 Å². The number of hydrogen-bond acceptors (Lipinski definition) is 4. The molecule has 2 aromatic rings. The number of rotatable bonds is 4. The molecule has 0 amide bonds. The van der Waals surface area contributed by atoms with Gasteiger partial charge < -0.3 is 0 Å². The third kappa shape index (κ3) is 2.94. The highest BCUT2D eigenvalue weighted by atomic mass is 35.5. The number of aryl methyl sites for hydroxylation is 3. The predicted octanol–water partition coefficient (Wildman–Crippen LogP) is 1.83. The summed E-state index contributed by atoms with van der Waals surface area (Å²) < 4.78 is 1.67. The van der Waals surface area contributed by atoms with E-state index in [1.165, 1.54) is 0 Å². The van der Waals surface area contributed by atoms with Crippen LogP contribution in [0.25, 0.3) is 0 Å². The lowest BCUT2D eigenvalue weighted by Crippen LogP contribution is -2.30. The third-order valence-electron chi connectivity index (χ3n) is 3.17. The maximum atomic E-state index is 6.25. The Labute approximate surface area is 117 Å². The molecule has 0 radical (unpaired) electrons. The van der Waals surface area contributed by atoms with Crippen LogP contribution in [0.5, 0.6) is 0 Å². The monoisotopic (exact) mass is 279 g/mol. The Kier molecular flexibility index (Phi) is 4.19. The molecule has 102 valence electrons. The fourth-order valence-corrected chi connectivity index (χ4v) is 2.36. The summed E-state index contributed by atoms with van der Waals surface area (Å²) in [6.07, 6.45) is 2.44. The van der Waals surface area contributed by atoms with Crippen molar-refractivity contribution in [2.75, 3.05) is 0 Å². The second-order valence-electron chi connectivity index (χ2n) is 4.66. The van der Waals surface area contributed by atoms with Crippen molar-refractivity contribution in [1.82, 2.24) is 20.2 Å². The largest absolute Gasteiger partial charge is 0.271 e. The van der Waals surface area contributed by atoms with Crippen molar-refractivity contribution in [2.45, 2.75) is 26.3 Å². The second kappa shape index (κ2) is 5.69. The van der Waals surface area contributed by atoms with Crippen molar-refractivity contribution >= 4 is 11.6 Å². The Hall–Kier alpha value is -1.43. The molecule has 2 rings (SSSR count). The number of halogens is 1. The number of hydrazine groups is 1. The molecule has 0 aliphatic rings. The van der Waals surface area contributed by atoms with Crippen LogP contribution < -0.4 is 11.3 Å². The number of nitrogens with two attached hydrogens (primary N) is 1. The number of pyridine rings is 1. The van der Waals surface area contributed by atoms with Gasteiger partial charge in [-0.1, -0.05) is 11.6 Å². The Bertz CT molecular complexity index is 578. The van der Waals surface area contributed by atoms with Gasteiger partial charge in [0.25, 0.3) is 0 Å². The molecule has 1 unspecified atom stereocenters. The summed E-state index contributed by atoms with van der Waals surface area (Å²) in [6, 6.07) is 3.89. The molecule has 19 heavy (non-hydrogen) atoms. The zero-order valence-corrected chi connectivity index (χ0v) is 12.1. The normalized spacial score (nSPS) is 12.7. The number of aromatic nitrogens is 3. The van der Waals surface area contributed by atoms with Crippen LogP contribution in [0.1, 0.15) is 28.6 Å². The van der Waals surface area contributed by atoms with Gasteiger partial charge in [-0.25, -0.2) is 0 Å². The molecule has 6 heteroatoms. The van der Waals surface area contributed by atoms with E-state index in [0.717, 1.165) is 22.5 Å². The van der Waals surface area contributed by atoms with Crippen LogP contribution in [0.3, 0.4) is 0 Å². The molecular formula is C13H18ClN5. The van der Waals surface area contributed by atoms with E-state index in [9.17, 15) is 0 Å². The van der Waals surface area contributed by atoms with E-state index in [-0.39, 0.29) is 6.04 Å². The lowest BCUT2D eigenvalue weighted by atomic mass is 10.0. The molecular weight excluding hydrogens is 262 g/mol. The van der Waals surface area contributed by atoms with Crippen molar-refractivity contribution in [3.8, 4) is 0 Å². The average molecular weight is 280 g/mol. The van der Waals surface area contributed by atoms with Crippen LogP contribution in [-0.4, -0.2) is 14.8 Å². The lowest BCUT2D eigenvalue weighted by molar-refractivity contribution is 0.537. The van der Waals surface area contributed by atoms with Crippen LogP contribution in [0.15, 0.2) is 18.3 Å². The van der Waals surface area contributed by atoms with Gasteiger partial charge in [0.2, 0.25) is 0 Å². The van der Waals surface area contributed by atoms with Crippen molar-refractivity contribution < 1.29 is 0 Å². The Balaban J connectivity index is 2.29. The Morgan fingerprint density at radius 2 is 2.21 bits per heavy atom. The van der Waals surface area contributed by atoms with Crippen LogP contribution in [-0.2, 0) is 13.5 Å². The van der Waals surface area contributed by atoms with Crippen LogP contribution in [0.4, 0.5) is 0 Å². The Morgan fingerprint density at radius 1 is 1.47 bits per heavy atom. The van der Waals surface area contributed by atoms with E-state index in [1.807, 2.05) is 33.0 Å². The van der Waals surface area contributed by atoms with Crippen molar-refractivity contribution in [3.05, 3.63) is 46.0 Å². The summed E-state index contributed by atoms with van der Waals surface area (Å²) in [5.74, 6) is 5.65. The van der Waals surface area contributed by atoms with E-state index < -0.39 is 0 Å². The van der Waals surface area contributed by atoms with Gasteiger partial charge in [0.15, 0.2) is 0 Å². The molecule has 0 aromatic carbocycles. The molecule has 2 aromatic heterocycles. The first-order valence-corrected chi connectivity index (χ1v) is 6.47. The first-order valence-electron chi connectivity index (χ1n) is 6.09. The van der Waals surface area contributed by atoms with Crippen molar-refractivity contribution in [3.63, 3.8) is 0 Å². The molecule has 1 atom stereocenters. The first kappa shape index (κ1) is 14.0. The van der Waals surface area contributed by atoms with Gasteiger partial charge in [-0.2, -0.15) is 5.10 Å². The smallest absolute Gasteiger partial charge is 0.130 e. The minimum absolute atomic E-state index is 0.0831. The van der Waals surface area contributed by atoms with Crippen LogP contribution in [0, 0.1) is 13.8 Å². The lowest BCUT2D eigenvalue weighted by Gasteiger charge is -2.15. The zero-order chi connectivity index (χ0) is 14.0. The second-order valence-corrected chi connectivity index (χ2v) is 5.02. The summed E-state index contributed by atoms with van der Waals surface area (Å²) in [6.45, 7) is 3.97. The summed E-state index contributed by atoms with van der Waals surface area (Å²) in [7, 11) is 1.83. The maximum Gasteiger partial charge on any atom is 0.130 e. The highest BCUT2D eigenvalue weighted by molar-refractivity contribution is 6.30. The highest BCUT2D eigenvalue weighted by Crippen LogP contribution is 2.24. The average Bonchev–Trinajstić information content (AvgIpc) is 2.61. The molecule has 0 aliphatic heterocycles. The van der Waals surface area contributed by atoms with Crippen molar-refractivity contribution in [1.29, 1.82) is 0 Å². The van der Waals surface area contributed by atoms with Crippen molar-refractivity contribution in [2.24, 2.45) is 12.9 Å². The summed E-state index contributed by atoms with van der Waals surface area (Å²) in [4.78, 5) is 4.36. The molecule has 0 saturated heterocycles. The summed E-state index contributed by atoms with van der Waals surface area (Å²) >= 11 is 6.25. The zero-order valence-electron chi connectivity index (χ0n) is 11.3. The van der Waals surface area contributed by atoms with E-state index in [2.05, 4.69) is 15.5 Å². The SMILES string of the molecule is Cc1ccnc(C(Cc2c(C)nn(C)c2Cl)NN)c1. The van der Waals surface area contributed by atoms with Gasteiger partial charge in [-0.05, 0) is 38.0 Å². The topological polar surface area (TPSA) is 68.8 Å². The first-order chi connectivity index (χ1) is 9.02. The van der Waals surface area contributed by atoms with Crippen LogP contribution in [0.2, 0.25) is 5.15 Å². The molecule has 2 heterocycles. The van der Waals surface area contributed by atoms with Gasteiger partial charge in [0.05, 0.1) is 17.4 Å². The fourth-order valence-electron chi connectivity index (χ4n) is 2.11. The van der Waals surface area contributed by atoms with E-state index in [0.29, 0.717) is 11.6 Å². The molecule has 0 bridgehead atoms. The summed E-state index contributed by atoms with van der Waals surface area (Å²) in [5.41, 5.74) is 6.77. The standard InChI is InChI=1S/C13H18ClN5/c1-8-4-5-16-11(6-8)12(17-15)7-10-9(2)18-19(3)13(10)14/h4-6,12,17H,7,15H2,1-3H3. The highest BCUT2D eigenvalue weighted by Gasteiger charge is 2.18. The van der Waals surface area contributed by atoms with Gasteiger partial charge in [0.1, 0.15) is 5.15 Å². The number of nitrogens with one attached hydrogen (secondary N) is 1. The third-order valence-corrected chi connectivity index (χ3v) is 3.65. The predicted molar refractivity (Wildman–Crippen MR) is 75.7 cm³/mol. The Morgan fingerprint density at radius 3 is 2.74 bits per heavy atom. The maximum absolute atomic E-state index is 6.25. The number of hydrogen-bond donors (Lipinski definition) is 2. The minimum atomic E-state index is -0.0831. The molecule has 0 spiro atoms. The quantitative estimate of drug-likeness (QED) is 0.662. The molecule has 0 fully saturated rings.